The van der Waals surface area contributed by atoms with Crippen molar-refractivity contribution in [1.82, 2.24) is 0 Å². The van der Waals surface area contributed by atoms with E-state index in [4.69, 9.17) is 0 Å². The van der Waals surface area contributed by atoms with E-state index in [2.05, 4.69) is 10.6 Å². The van der Waals surface area contributed by atoms with Crippen molar-refractivity contribution in [2.75, 3.05) is 17.2 Å². The Morgan fingerprint density at radius 1 is 1.16 bits per heavy atom. The highest BCUT2D eigenvalue weighted by Gasteiger charge is 2.30. The van der Waals surface area contributed by atoms with Crippen LogP contribution in [-0.4, -0.2) is 12.5 Å². The van der Waals surface area contributed by atoms with Crippen molar-refractivity contribution in [3.63, 3.8) is 0 Å². The van der Waals surface area contributed by atoms with Gasteiger partial charge in [-0.3, -0.25) is 4.79 Å². The summed E-state index contributed by atoms with van der Waals surface area (Å²) >= 11 is 0. The molecule has 0 radical (unpaired) electrons. The average Bonchev–Trinajstić information content (AvgIpc) is 3.00. The zero-order valence-corrected chi connectivity index (χ0v) is 13.0. The first-order valence-electron chi connectivity index (χ1n) is 7.55. The van der Waals surface area contributed by atoms with Crippen molar-refractivity contribution in [3.8, 4) is 0 Å². The lowest BCUT2D eigenvalue weighted by molar-refractivity contribution is -0.137. The van der Waals surface area contributed by atoms with E-state index in [1.54, 1.807) is 6.07 Å². The van der Waals surface area contributed by atoms with Crippen LogP contribution in [0.5, 0.6) is 0 Å². The maximum absolute atomic E-state index is 13.7. The molecule has 0 saturated carbocycles. The van der Waals surface area contributed by atoms with Gasteiger partial charge in [-0.15, -0.1) is 0 Å². The van der Waals surface area contributed by atoms with Crippen molar-refractivity contribution >= 4 is 23.4 Å². The Morgan fingerprint density at radius 3 is 2.68 bits per heavy atom. The molecular formula is C18H14F4N2O. The summed E-state index contributed by atoms with van der Waals surface area (Å²) in [5, 5.41) is 5.84. The van der Waals surface area contributed by atoms with Crippen molar-refractivity contribution in [1.29, 1.82) is 0 Å². The number of halogens is 4. The molecule has 0 saturated heterocycles. The molecule has 3 nitrogen and oxygen atoms in total. The maximum atomic E-state index is 13.7. The van der Waals surface area contributed by atoms with Crippen molar-refractivity contribution in [2.45, 2.75) is 12.6 Å². The third-order valence-electron chi connectivity index (χ3n) is 3.82. The Hall–Kier alpha value is -2.83. The predicted molar refractivity (Wildman–Crippen MR) is 87.7 cm³/mol. The predicted octanol–water partition coefficient (Wildman–Crippen LogP) is 4.46. The third kappa shape index (κ3) is 3.99. The number of hydrogen-bond acceptors (Lipinski definition) is 2. The molecule has 1 aliphatic rings. The van der Waals surface area contributed by atoms with Gasteiger partial charge in [0.25, 0.3) is 0 Å². The number of carbonyl (C=O) groups excluding carboxylic acids is 1. The van der Waals surface area contributed by atoms with Crippen LogP contribution in [0.3, 0.4) is 0 Å². The molecule has 1 heterocycles. The van der Waals surface area contributed by atoms with Crippen LogP contribution in [0.15, 0.2) is 42.5 Å². The van der Waals surface area contributed by atoms with Gasteiger partial charge in [-0.1, -0.05) is 6.07 Å². The Bertz CT molecular complexity index is 843. The molecule has 0 fully saturated rings. The zero-order chi connectivity index (χ0) is 18.0. The van der Waals surface area contributed by atoms with Crippen LogP contribution in [-0.2, 0) is 17.4 Å². The number of amides is 1. The number of alkyl halides is 3. The first-order valence-corrected chi connectivity index (χ1v) is 7.55. The second kappa shape index (κ2) is 6.58. The molecule has 0 bridgehead atoms. The molecule has 0 unspecified atom stereocenters. The lowest BCUT2D eigenvalue weighted by Crippen LogP contribution is -2.08. The highest BCUT2D eigenvalue weighted by molar-refractivity contribution is 6.02. The normalized spacial score (nSPS) is 13.6. The van der Waals surface area contributed by atoms with Crippen molar-refractivity contribution in [2.24, 2.45) is 0 Å². The van der Waals surface area contributed by atoms with Gasteiger partial charge in [0.2, 0.25) is 5.91 Å². The smallest absolute Gasteiger partial charge is 0.384 e. The van der Waals surface area contributed by atoms with Crippen LogP contribution in [0.4, 0.5) is 28.9 Å². The topological polar surface area (TPSA) is 41.1 Å². The van der Waals surface area contributed by atoms with Crippen LogP contribution in [0.2, 0.25) is 0 Å². The Balaban J connectivity index is 1.68. The van der Waals surface area contributed by atoms with E-state index in [-0.39, 0.29) is 5.56 Å². The summed E-state index contributed by atoms with van der Waals surface area (Å²) in [6, 6.07) is 7.61. The van der Waals surface area contributed by atoms with E-state index >= 15 is 0 Å². The quantitative estimate of drug-likeness (QED) is 0.634. The summed E-state index contributed by atoms with van der Waals surface area (Å²) < 4.78 is 51.2. The minimum atomic E-state index is -4.61. The Kier molecular flexibility index (Phi) is 4.48. The summed E-state index contributed by atoms with van der Waals surface area (Å²) in [7, 11) is 0. The van der Waals surface area contributed by atoms with E-state index in [1.165, 1.54) is 0 Å². The number of benzene rings is 2. The summed E-state index contributed by atoms with van der Waals surface area (Å²) in [5.74, 6) is -1.53. The molecule has 2 N–H and O–H groups in total. The maximum Gasteiger partial charge on any atom is 0.416 e. The number of rotatable bonds is 3. The second-order valence-electron chi connectivity index (χ2n) is 5.61. The number of anilines is 2. The first kappa shape index (κ1) is 17.0. The molecule has 0 aliphatic carbocycles. The highest BCUT2D eigenvalue weighted by atomic mass is 19.4. The fraction of sp³-hybridized carbons (Fsp3) is 0.167. The van der Waals surface area contributed by atoms with Gasteiger partial charge in [0.1, 0.15) is 5.82 Å². The molecule has 0 aromatic heterocycles. The zero-order valence-electron chi connectivity index (χ0n) is 13.0. The number of hydrogen-bond donors (Lipinski definition) is 2. The van der Waals surface area contributed by atoms with Crippen molar-refractivity contribution < 1.29 is 22.4 Å². The van der Waals surface area contributed by atoms with Gasteiger partial charge < -0.3 is 10.6 Å². The molecule has 2 aromatic rings. The van der Waals surface area contributed by atoms with Crippen LogP contribution < -0.4 is 10.6 Å². The largest absolute Gasteiger partial charge is 0.416 e. The van der Waals surface area contributed by atoms with Crippen LogP contribution in [0, 0.1) is 5.82 Å². The van der Waals surface area contributed by atoms with Crippen molar-refractivity contribution in [3.05, 3.63) is 65.0 Å². The molecular weight excluding hydrogens is 336 g/mol. The van der Waals surface area contributed by atoms with E-state index in [9.17, 15) is 22.4 Å². The van der Waals surface area contributed by atoms with E-state index in [0.29, 0.717) is 11.8 Å². The summed E-state index contributed by atoms with van der Waals surface area (Å²) in [6.45, 7) is 0.847. The second-order valence-corrected chi connectivity index (χ2v) is 5.61. The summed E-state index contributed by atoms with van der Waals surface area (Å²) in [4.78, 5) is 11.9. The van der Waals surface area contributed by atoms with Crippen LogP contribution in [0.25, 0.3) is 6.08 Å². The monoisotopic (exact) mass is 350 g/mol. The summed E-state index contributed by atoms with van der Waals surface area (Å²) in [5.41, 5.74) is 1.56. The lowest BCUT2D eigenvalue weighted by atomic mass is 10.1. The molecule has 7 heteroatoms. The molecule has 2 aromatic carbocycles. The van der Waals surface area contributed by atoms with Gasteiger partial charge in [-0.25, -0.2) is 4.39 Å². The van der Waals surface area contributed by atoms with Crippen LogP contribution >= 0.6 is 0 Å². The standard InChI is InChI=1S/C18H14F4N2O/c19-15-10-13(18(20,21)22)3-1-11(15)2-6-17(25)24-14-4-5-16-12(9-14)7-8-23-16/h1-6,9-10,23H,7-8H2,(H,24,25)/b6-2+. The number of carbonyl (C=O) groups is 1. The fourth-order valence-electron chi connectivity index (χ4n) is 2.57. The first-order chi connectivity index (χ1) is 11.8. The van der Waals surface area contributed by atoms with Gasteiger partial charge in [-0.2, -0.15) is 13.2 Å². The molecule has 1 amide bonds. The number of fused-ring (bicyclic) bond motifs is 1. The van der Waals surface area contributed by atoms with Gasteiger partial charge in [0.05, 0.1) is 5.56 Å². The molecule has 0 spiro atoms. The molecule has 130 valence electrons. The average molecular weight is 350 g/mol. The van der Waals surface area contributed by atoms with Gasteiger partial charge in [0, 0.05) is 29.6 Å². The van der Waals surface area contributed by atoms with E-state index < -0.39 is 23.5 Å². The van der Waals surface area contributed by atoms with Gasteiger partial charge >= 0.3 is 6.18 Å². The highest BCUT2D eigenvalue weighted by Crippen LogP contribution is 2.30. The van der Waals surface area contributed by atoms with Gasteiger partial charge in [0.15, 0.2) is 0 Å². The fourth-order valence-corrected chi connectivity index (χ4v) is 2.57. The Labute approximate surface area is 141 Å². The van der Waals surface area contributed by atoms with E-state index in [0.717, 1.165) is 48.5 Å². The SMILES string of the molecule is O=C(/C=C/c1ccc(C(F)(F)F)cc1F)Nc1ccc2c(c1)CCN2. The molecule has 1 aliphatic heterocycles. The molecule has 0 atom stereocenters. The van der Waals surface area contributed by atoms with E-state index in [1.807, 2.05) is 12.1 Å². The van der Waals surface area contributed by atoms with Crippen LogP contribution in [0.1, 0.15) is 16.7 Å². The minimum Gasteiger partial charge on any atom is -0.384 e. The third-order valence-corrected chi connectivity index (χ3v) is 3.82. The Morgan fingerprint density at radius 2 is 1.96 bits per heavy atom. The minimum absolute atomic E-state index is 0.0960. The molecule has 25 heavy (non-hydrogen) atoms. The summed E-state index contributed by atoms with van der Waals surface area (Å²) in [6.07, 6.45) is -1.52. The lowest BCUT2D eigenvalue weighted by Gasteiger charge is -2.07. The van der Waals surface area contributed by atoms with Gasteiger partial charge in [-0.05, 0) is 48.4 Å². The number of nitrogens with one attached hydrogen (secondary N) is 2. The molecule has 3 rings (SSSR count).